The molecule has 146 valence electrons. The fourth-order valence-electron chi connectivity index (χ4n) is 2.00. The van der Waals surface area contributed by atoms with Crippen LogP contribution < -0.4 is 108 Å². The molecule has 0 unspecified atom stereocenters. The summed E-state index contributed by atoms with van der Waals surface area (Å²) in [5.74, 6) is -0.921. The smallest absolute Gasteiger partial charge is 0.744 e. The fourth-order valence-corrected chi connectivity index (χ4v) is 3.83. The van der Waals surface area contributed by atoms with E-state index >= 15 is 0 Å². The van der Waals surface area contributed by atoms with Gasteiger partial charge in [-0.15, -0.1) is 0 Å². The number of nitrogens with one attached hydrogen (secondary N) is 1. The summed E-state index contributed by atoms with van der Waals surface area (Å²) in [5.41, 5.74) is -0.587. The van der Waals surface area contributed by atoms with Gasteiger partial charge in [0.2, 0.25) is 0 Å². The molecule has 29 heavy (non-hydrogen) atoms. The van der Waals surface area contributed by atoms with Gasteiger partial charge in [-0.2, -0.15) is 0 Å². The average molecular weight is 512 g/mol. The molecule has 2 rings (SSSR count). The van der Waals surface area contributed by atoms with Gasteiger partial charge in [0.15, 0.2) is 9.84 Å². The number of rotatable bonds is 5. The van der Waals surface area contributed by atoms with Crippen molar-refractivity contribution in [3.63, 3.8) is 0 Å². The first kappa shape index (κ1) is 30.0. The third-order valence-electron chi connectivity index (χ3n) is 3.24. The molecule has 0 bridgehead atoms. The zero-order chi connectivity index (χ0) is 20.6. The summed E-state index contributed by atoms with van der Waals surface area (Å²) in [7, 11) is -13.8. The van der Waals surface area contributed by atoms with Crippen LogP contribution in [0.15, 0.2) is 57.2 Å². The molecule has 0 radical (unpaired) electrons. The van der Waals surface area contributed by atoms with Crippen LogP contribution in [-0.4, -0.2) is 46.5 Å². The van der Waals surface area contributed by atoms with E-state index in [1.165, 1.54) is 18.2 Å². The molecular formula is C14H11K2NO9S3. The van der Waals surface area contributed by atoms with Crippen molar-refractivity contribution < 1.29 is 142 Å². The van der Waals surface area contributed by atoms with Crippen molar-refractivity contribution >= 4 is 41.7 Å². The minimum atomic E-state index is -5.12. The molecule has 2 aromatic rings. The van der Waals surface area contributed by atoms with Gasteiger partial charge in [0.1, 0.15) is 20.2 Å². The van der Waals surface area contributed by atoms with Crippen LogP contribution in [0.4, 0.5) is 5.69 Å². The number of carbonyl (C=O) groups excluding carboxylic acids is 1. The van der Waals surface area contributed by atoms with Gasteiger partial charge in [-0.05, 0) is 36.4 Å². The largest absolute Gasteiger partial charge is 1.00 e. The van der Waals surface area contributed by atoms with Crippen LogP contribution in [0.25, 0.3) is 0 Å². The SMILES string of the molecule is CS(=O)(=O)c1cccc(C(=O)Nc2cc(S(=O)(=O)[O-])cc(S(=O)(=O)[O-])c2)c1.[K+].[K+]. The van der Waals surface area contributed by atoms with E-state index in [1.54, 1.807) is 0 Å². The number of sulfone groups is 1. The van der Waals surface area contributed by atoms with Crippen LogP contribution in [0.3, 0.4) is 0 Å². The molecule has 1 amide bonds. The Morgan fingerprint density at radius 2 is 1.28 bits per heavy atom. The second-order valence-corrected chi connectivity index (χ2v) is 10.1. The molecule has 0 aliphatic carbocycles. The second-order valence-electron chi connectivity index (χ2n) is 5.36. The van der Waals surface area contributed by atoms with Crippen LogP contribution in [-0.2, 0) is 30.1 Å². The maximum atomic E-state index is 12.3. The number of amides is 1. The molecule has 2 aromatic carbocycles. The van der Waals surface area contributed by atoms with Crippen LogP contribution >= 0.6 is 0 Å². The van der Waals surface area contributed by atoms with Crippen LogP contribution in [0.5, 0.6) is 0 Å². The first-order valence-corrected chi connectivity index (χ1v) is 11.6. The zero-order valence-corrected chi connectivity index (χ0v) is 24.1. The Morgan fingerprint density at radius 3 is 1.69 bits per heavy atom. The molecule has 0 fully saturated rings. The van der Waals surface area contributed by atoms with E-state index in [9.17, 15) is 39.2 Å². The molecule has 0 aliphatic heterocycles. The molecular weight excluding hydrogens is 501 g/mol. The monoisotopic (exact) mass is 511 g/mol. The van der Waals surface area contributed by atoms with Crippen molar-refractivity contribution in [3.05, 3.63) is 48.0 Å². The van der Waals surface area contributed by atoms with Gasteiger partial charge >= 0.3 is 103 Å². The number of hydrogen-bond donors (Lipinski definition) is 1. The van der Waals surface area contributed by atoms with Crippen molar-refractivity contribution in [1.82, 2.24) is 0 Å². The summed E-state index contributed by atoms with van der Waals surface area (Å²) in [6.45, 7) is 0. The predicted molar refractivity (Wildman–Crippen MR) is 89.9 cm³/mol. The molecule has 0 aromatic heterocycles. The van der Waals surface area contributed by atoms with E-state index in [0.717, 1.165) is 12.3 Å². The van der Waals surface area contributed by atoms with Crippen LogP contribution in [0.1, 0.15) is 10.4 Å². The molecule has 15 heteroatoms. The molecule has 10 nitrogen and oxygen atoms in total. The van der Waals surface area contributed by atoms with Gasteiger partial charge in [0.25, 0.3) is 5.91 Å². The predicted octanol–water partition coefficient (Wildman–Crippen LogP) is -5.84. The van der Waals surface area contributed by atoms with Gasteiger partial charge < -0.3 is 14.4 Å². The van der Waals surface area contributed by atoms with E-state index in [0.29, 0.717) is 18.2 Å². The van der Waals surface area contributed by atoms with E-state index in [-0.39, 0.29) is 113 Å². The minimum Gasteiger partial charge on any atom is -0.744 e. The number of hydrogen-bond acceptors (Lipinski definition) is 9. The summed E-state index contributed by atoms with van der Waals surface area (Å²) in [6, 6.07) is 6.57. The summed E-state index contributed by atoms with van der Waals surface area (Å²) < 4.78 is 89.9. The van der Waals surface area contributed by atoms with Crippen molar-refractivity contribution in [3.8, 4) is 0 Å². The molecule has 1 N–H and O–H groups in total. The van der Waals surface area contributed by atoms with Crippen molar-refractivity contribution in [2.24, 2.45) is 0 Å². The van der Waals surface area contributed by atoms with Gasteiger partial charge in [-0.3, -0.25) is 4.79 Å². The topological polar surface area (TPSA) is 178 Å². The Kier molecular flexibility index (Phi) is 11.6. The first-order valence-electron chi connectivity index (χ1n) is 6.86. The van der Waals surface area contributed by atoms with Gasteiger partial charge in [-0.25, -0.2) is 25.3 Å². The van der Waals surface area contributed by atoms with Gasteiger partial charge in [-0.1, -0.05) is 6.07 Å². The number of carbonyl (C=O) groups is 1. The molecule has 0 saturated heterocycles. The van der Waals surface area contributed by atoms with E-state index in [2.05, 4.69) is 5.32 Å². The van der Waals surface area contributed by atoms with Crippen molar-refractivity contribution in [2.75, 3.05) is 11.6 Å². The standard InChI is InChI=1S/C14H13NO9S3.2K/c1-25(17,18)11-4-2-3-9(5-11)14(16)15-10-6-12(26(19,20)21)8-13(7-10)27(22,23)24;;/h2-8H,1H3,(H,15,16)(H,19,20,21)(H,22,23,24);;/q;2*+1/p-2. The Labute approximate surface area is 253 Å². The van der Waals surface area contributed by atoms with Gasteiger partial charge in [0, 0.05) is 17.5 Å². The Bertz CT molecular complexity index is 1190. The first-order chi connectivity index (χ1) is 12.2. The second kappa shape index (κ2) is 11.2. The van der Waals surface area contributed by atoms with E-state index < -0.39 is 51.5 Å². The molecule has 0 spiro atoms. The van der Waals surface area contributed by atoms with Crippen LogP contribution in [0, 0.1) is 0 Å². The molecule has 0 saturated carbocycles. The Balaban J connectivity index is 0.00000392. The quantitative estimate of drug-likeness (QED) is 0.302. The summed E-state index contributed by atoms with van der Waals surface area (Å²) >= 11 is 0. The van der Waals surface area contributed by atoms with E-state index in [4.69, 9.17) is 0 Å². The maximum Gasteiger partial charge on any atom is 1.00 e. The maximum absolute atomic E-state index is 12.3. The average Bonchev–Trinajstić information content (AvgIpc) is 2.52. The Hall–Kier alpha value is 0.953. The van der Waals surface area contributed by atoms with E-state index in [1.807, 2.05) is 0 Å². The molecule has 0 aliphatic rings. The van der Waals surface area contributed by atoms with Gasteiger partial charge in [0.05, 0.1) is 14.7 Å². The summed E-state index contributed by atoms with van der Waals surface area (Å²) in [5, 5.41) is 2.12. The third kappa shape index (κ3) is 8.78. The van der Waals surface area contributed by atoms with Crippen LogP contribution in [0.2, 0.25) is 0 Å². The zero-order valence-electron chi connectivity index (χ0n) is 15.4. The minimum absolute atomic E-state index is 0. The molecule has 0 heterocycles. The Morgan fingerprint density at radius 1 is 0.793 bits per heavy atom. The third-order valence-corrected chi connectivity index (χ3v) is 5.98. The van der Waals surface area contributed by atoms with Crippen molar-refractivity contribution in [1.29, 1.82) is 0 Å². The summed E-state index contributed by atoms with van der Waals surface area (Å²) in [6.07, 6.45) is 0.929. The normalized spacial score (nSPS) is 11.7. The summed E-state index contributed by atoms with van der Waals surface area (Å²) in [4.78, 5) is 10.0. The molecule has 0 atom stereocenters. The fraction of sp³-hybridized carbons (Fsp3) is 0.0714. The number of benzene rings is 2. The number of anilines is 1. The van der Waals surface area contributed by atoms with Crippen molar-refractivity contribution in [2.45, 2.75) is 14.7 Å².